The Bertz CT molecular complexity index is 471. The maximum Gasteiger partial charge on any atom is 0.314 e. The van der Waals surface area contributed by atoms with Gasteiger partial charge < -0.3 is 10.0 Å². The quantitative estimate of drug-likeness (QED) is 0.926. The summed E-state index contributed by atoms with van der Waals surface area (Å²) in [6.07, 6.45) is 7.54. The highest BCUT2D eigenvalue weighted by atomic mass is 16.4. The Morgan fingerprint density at radius 1 is 1.05 bits per heavy atom. The molecule has 0 aromatic heterocycles. The highest BCUT2D eigenvalue weighted by Gasteiger charge is 2.44. The van der Waals surface area contributed by atoms with E-state index in [9.17, 15) is 9.90 Å². The summed E-state index contributed by atoms with van der Waals surface area (Å²) < 4.78 is 0. The van der Waals surface area contributed by atoms with Crippen LogP contribution in [0.2, 0.25) is 0 Å². The Morgan fingerprint density at radius 2 is 1.67 bits per heavy atom. The molecule has 0 spiro atoms. The van der Waals surface area contributed by atoms with Crippen LogP contribution >= 0.6 is 0 Å². The fraction of sp³-hybridized carbons (Fsp3) is 0.611. The Balaban J connectivity index is 1.73. The van der Waals surface area contributed by atoms with E-state index in [0.29, 0.717) is 6.04 Å². The van der Waals surface area contributed by atoms with Crippen molar-refractivity contribution in [3.63, 3.8) is 0 Å². The van der Waals surface area contributed by atoms with E-state index in [1.54, 1.807) is 0 Å². The first-order valence-corrected chi connectivity index (χ1v) is 8.25. The molecule has 0 bridgehead atoms. The number of aliphatic carboxylic acids is 1. The number of hydrogen-bond acceptors (Lipinski definition) is 2. The van der Waals surface area contributed by atoms with Crippen LogP contribution in [-0.2, 0) is 10.2 Å². The van der Waals surface area contributed by atoms with E-state index < -0.39 is 11.4 Å². The molecule has 0 radical (unpaired) electrons. The van der Waals surface area contributed by atoms with Gasteiger partial charge in [-0.1, -0.05) is 36.8 Å². The van der Waals surface area contributed by atoms with Gasteiger partial charge in [0.05, 0.1) is 5.41 Å². The highest BCUT2D eigenvalue weighted by molar-refractivity contribution is 5.81. The monoisotopic (exact) mass is 287 g/mol. The average Bonchev–Trinajstić information content (AvgIpc) is 2.56. The number of hydrogen-bond donors (Lipinski definition) is 1. The van der Waals surface area contributed by atoms with Gasteiger partial charge in [0, 0.05) is 6.04 Å². The van der Waals surface area contributed by atoms with Crippen LogP contribution in [0.4, 0.5) is 0 Å². The van der Waals surface area contributed by atoms with E-state index in [2.05, 4.69) is 4.90 Å². The van der Waals surface area contributed by atoms with Crippen molar-refractivity contribution < 1.29 is 9.90 Å². The van der Waals surface area contributed by atoms with Crippen molar-refractivity contribution in [3.8, 4) is 0 Å². The van der Waals surface area contributed by atoms with Crippen molar-refractivity contribution in [2.45, 2.75) is 56.4 Å². The van der Waals surface area contributed by atoms with Gasteiger partial charge in [-0.25, -0.2) is 0 Å². The molecule has 21 heavy (non-hydrogen) atoms. The summed E-state index contributed by atoms with van der Waals surface area (Å²) in [5.41, 5.74) is 0.322. The van der Waals surface area contributed by atoms with Crippen molar-refractivity contribution in [2.24, 2.45) is 0 Å². The summed E-state index contributed by atoms with van der Waals surface area (Å²) in [4.78, 5) is 14.5. The van der Waals surface area contributed by atoms with Crippen LogP contribution in [-0.4, -0.2) is 35.1 Å². The molecule has 114 valence electrons. The van der Waals surface area contributed by atoms with Crippen LogP contribution in [0.15, 0.2) is 30.3 Å². The lowest BCUT2D eigenvalue weighted by Crippen LogP contribution is -2.47. The first-order valence-electron chi connectivity index (χ1n) is 8.25. The maximum absolute atomic E-state index is 11.9. The van der Waals surface area contributed by atoms with Crippen LogP contribution in [0.1, 0.15) is 50.5 Å². The smallest absolute Gasteiger partial charge is 0.314 e. The molecule has 1 heterocycles. The third-order valence-corrected chi connectivity index (χ3v) is 5.45. The standard InChI is InChI=1S/C18H25NO2/c20-17(21)18(15-7-3-1-4-8-15)11-9-16(10-12-18)19-13-5-2-6-14-19/h1,3-4,7-8,16H,2,5-6,9-14H2,(H,20,21). The number of piperidine rings is 1. The van der Waals surface area contributed by atoms with Gasteiger partial charge in [0.15, 0.2) is 0 Å². The highest BCUT2D eigenvalue weighted by Crippen LogP contribution is 2.41. The molecule has 2 fully saturated rings. The van der Waals surface area contributed by atoms with E-state index in [1.807, 2.05) is 30.3 Å². The van der Waals surface area contributed by atoms with E-state index in [1.165, 1.54) is 32.4 Å². The number of likely N-dealkylation sites (tertiary alicyclic amines) is 1. The molecule has 0 unspecified atom stereocenters. The number of rotatable bonds is 3. The minimum atomic E-state index is -0.659. The van der Waals surface area contributed by atoms with E-state index in [0.717, 1.165) is 31.2 Å². The summed E-state index contributed by atoms with van der Waals surface area (Å²) in [5.74, 6) is -0.647. The third-order valence-electron chi connectivity index (χ3n) is 5.45. The number of carbonyl (C=O) groups is 1. The molecule has 0 amide bonds. The molecule has 1 aliphatic heterocycles. The van der Waals surface area contributed by atoms with Gasteiger partial charge in [-0.2, -0.15) is 0 Å². The van der Waals surface area contributed by atoms with Crippen LogP contribution in [0.5, 0.6) is 0 Å². The third kappa shape index (κ3) is 2.84. The minimum Gasteiger partial charge on any atom is -0.481 e. The van der Waals surface area contributed by atoms with Crippen LogP contribution < -0.4 is 0 Å². The second-order valence-electron chi connectivity index (χ2n) is 6.58. The Hall–Kier alpha value is -1.35. The van der Waals surface area contributed by atoms with Gasteiger partial charge >= 0.3 is 5.97 Å². The summed E-state index contributed by atoms with van der Waals surface area (Å²) >= 11 is 0. The second-order valence-corrected chi connectivity index (χ2v) is 6.58. The van der Waals surface area contributed by atoms with E-state index in [4.69, 9.17) is 0 Å². The zero-order valence-electron chi connectivity index (χ0n) is 12.6. The molecule has 3 rings (SSSR count). The van der Waals surface area contributed by atoms with Gasteiger partial charge in [0.2, 0.25) is 0 Å². The topological polar surface area (TPSA) is 40.5 Å². The maximum atomic E-state index is 11.9. The van der Waals surface area contributed by atoms with Crippen molar-refractivity contribution in [1.29, 1.82) is 0 Å². The lowest BCUT2D eigenvalue weighted by Gasteiger charge is -2.42. The Morgan fingerprint density at radius 3 is 2.24 bits per heavy atom. The predicted octanol–water partition coefficient (Wildman–Crippen LogP) is 3.44. The molecule has 1 N–H and O–H groups in total. The summed E-state index contributed by atoms with van der Waals surface area (Å²) in [7, 11) is 0. The van der Waals surface area contributed by atoms with Gasteiger partial charge in [-0.3, -0.25) is 4.79 Å². The fourth-order valence-electron chi connectivity index (χ4n) is 4.13. The molecule has 1 aromatic carbocycles. The normalized spacial score (nSPS) is 31.0. The fourth-order valence-corrected chi connectivity index (χ4v) is 4.13. The van der Waals surface area contributed by atoms with Crippen molar-refractivity contribution >= 4 is 5.97 Å². The number of carboxylic acid groups (broad SMARTS) is 1. The zero-order chi connectivity index (χ0) is 14.7. The molecule has 0 atom stereocenters. The van der Waals surface area contributed by atoms with Gasteiger partial charge in [-0.15, -0.1) is 0 Å². The van der Waals surface area contributed by atoms with Crippen molar-refractivity contribution in [3.05, 3.63) is 35.9 Å². The molecular formula is C18H25NO2. The van der Waals surface area contributed by atoms with Crippen LogP contribution in [0, 0.1) is 0 Å². The lowest BCUT2D eigenvalue weighted by atomic mass is 9.68. The number of benzene rings is 1. The first-order chi connectivity index (χ1) is 10.2. The Kier molecular flexibility index (Phi) is 4.29. The molecule has 3 heteroatoms. The summed E-state index contributed by atoms with van der Waals surface area (Å²) in [5, 5.41) is 9.83. The molecule has 1 aromatic rings. The van der Waals surface area contributed by atoms with Gasteiger partial charge in [0.1, 0.15) is 0 Å². The van der Waals surface area contributed by atoms with E-state index in [-0.39, 0.29) is 0 Å². The minimum absolute atomic E-state index is 0.599. The molecule has 3 nitrogen and oxygen atoms in total. The predicted molar refractivity (Wildman–Crippen MR) is 83.4 cm³/mol. The zero-order valence-corrected chi connectivity index (χ0v) is 12.6. The number of nitrogens with zero attached hydrogens (tertiary/aromatic N) is 1. The molecular weight excluding hydrogens is 262 g/mol. The summed E-state index contributed by atoms with van der Waals surface area (Å²) in [6.45, 7) is 2.41. The number of carboxylic acids is 1. The molecule has 1 saturated heterocycles. The summed E-state index contributed by atoms with van der Waals surface area (Å²) in [6, 6.07) is 10.4. The van der Waals surface area contributed by atoms with Crippen LogP contribution in [0.25, 0.3) is 0 Å². The van der Waals surface area contributed by atoms with Crippen LogP contribution in [0.3, 0.4) is 0 Å². The van der Waals surface area contributed by atoms with Gasteiger partial charge in [0.25, 0.3) is 0 Å². The first kappa shape index (κ1) is 14.6. The lowest BCUT2D eigenvalue weighted by molar-refractivity contribution is -0.145. The largest absolute Gasteiger partial charge is 0.481 e. The molecule has 2 aliphatic rings. The van der Waals surface area contributed by atoms with Crippen molar-refractivity contribution in [1.82, 2.24) is 4.90 Å². The SMILES string of the molecule is O=C(O)C1(c2ccccc2)CCC(N2CCCCC2)CC1. The van der Waals surface area contributed by atoms with Crippen molar-refractivity contribution in [2.75, 3.05) is 13.1 Å². The van der Waals surface area contributed by atoms with Gasteiger partial charge in [-0.05, 0) is 57.2 Å². The second kappa shape index (κ2) is 6.18. The van der Waals surface area contributed by atoms with E-state index >= 15 is 0 Å². The molecule has 1 aliphatic carbocycles. The molecule has 1 saturated carbocycles. The Labute approximate surface area is 127 Å². The average molecular weight is 287 g/mol.